The number of aliphatic carboxylic acids is 1. The molecule has 5 rings (SSSR count). The lowest BCUT2D eigenvalue weighted by molar-refractivity contribution is -0.138. The van der Waals surface area contributed by atoms with Gasteiger partial charge >= 0.3 is 12.1 Å². The zero-order valence-corrected chi connectivity index (χ0v) is 20.7. The van der Waals surface area contributed by atoms with Crippen molar-refractivity contribution in [2.75, 3.05) is 6.54 Å². The summed E-state index contributed by atoms with van der Waals surface area (Å²) in [6.45, 7) is 0.150. The van der Waals surface area contributed by atoms with Crippen molar-refractivity contribution in [3.8, 4) is 0 Å². The van der Waals surface area contributed by atoms with Gasteiger partial charge in [0, 0.05) is 25.1 Å². The molecule has 0 saturated heterocycles. The number of amides is 1. The third-order valence-electron chi connectivity index (χ3n) is 6.49. The number of fused-ring (bicyclic) bond motifs is 2. The first-order valence-electron chi connectivity index (χ1n) is 12.3. The molecule has 6 nitrogen and oxygen atoms in total. The number of benzene rings is 4. The number of nitrogens with zero attached hydrogens (tertiary/aromatic N) is 2. The maximum absolute atomic E-state index is 13.4. The van der Waals surface area contributed by atoms with Gasteiger partial charge in [-0.1, -0.05) is 54.6 Å². The normalized spacial score (nSPS) is 11.7. The van der Waals surface area contributed by atoms with Gasteiger partial charge < -0.3 is 15.0 Å². The first-order valence-corrected chi connectivity index (χ1v) is 12.3. The molecule has 2 N–H and O–H groups in total. The maximum atomic E-state index is 13.4. The lowest BCUT2D eigenvalue weighted by Gasteiger charge is -2.13. The number of carboxylic acids is 1. The Kier molecular flexibility index (Phi) is 7.06. The fourth-order valence-electron chi connectivity index (χ4n) is 4.58. The first kappa shape index (κ1) is 26.0. The molecular formula is C30H24F3N3O3. The molecule has 0 spiro atoms. The average Bonchev–Trinajstić information content (AvgIpc) is 3.23. The largest absolute Gasteiger partial charge is 0.481 e. The predicted octanol–water partition coefficient (Wildman–Crippen LogP) is 6.05. The van der Waals surface area contributed by atoms with Crippen LogP contribution >= 0.6 is 0 Å². The third-order valence-corrected chi connectivity index (χ3v) is 6.49. The Morgan fingerprint density at radius 2 is 1.67 bits per heavy atom. The fraction of sp³-hybridized carbons (Fsp3) is 0.167. The van der Waals surface area contributed by atoms with E-state index in [4.69, 9.17) is 10.1 Å². The second-order valence-corrected chi connectivity index (χ2v) is 9.27. The van der Waals surface area contributed by atoms with E-state index in [1.165, 1.54) is 6.07 Å². The molecule has 0 aliphatic carbocycles. The summed E-state index contributed by atoms with van der Waals surface area (Å²) in [5, 5.41) is 13.5. The smallest absolute Gasteiger partial charge is 0.416 e. The number of hydrogen-bond donors (Lipinski definition) is 2. The van der Waals surface area contributed by atoms with E-state index in [2.05, 4.69) is 11.4 Å². The van der Waals surface area contributed by atoms with Gasteiger partial charge in [0.15, 0.2) is 0 Å². The SMILES string of the molecule is O=C(O)CCNC(=O)c1ccc2c(c1)nc(Cc1ccc3ccccc3c1)n2Cc1cccc(C(F)(F)F)c1. The number of carbonyl (C=O) groups is 2. The summed E-state index contributed by atoms with van der Waals surface area (Å²) in [4.78, 5) is 28.1. The Balaban J connectivity index is 1.53. The molecule has 198 valence electrons. The molecule has 1 amide bonds. The van der Waals surface area contributed by atoms with Gasteiger partial charge in [0.25, 0.3) is 5.91 Å². The van der Waals surface area contributed by atoms with Crippen LogP contribution in [0, 0.1) is 0 Å². The van der Waals surface area contributed by atoms with E-state index in [0.717, 1.165) is 28.5 Å². The topological polar surface area (TPSA) is 84.2 Å². The molecule has 0 fully saturated rings. The van der Waals surface area contributed by atoms with Crippen molar-refractivity contribution in [2.45, 2.75) is 25.6 Å². The van der Waals surface area contributed by atoms with Crippen LogP contribution in [0.1, 0.15) is 39.3 Å². The first-order chi connectivity index (χ1) is 18.7. The fourth-order valence-corrected chi connectivity index (χ4v) is 4.58. The highest BCUT2D eigenvalue weighted by Gasteiger charge is 2.30. The summed E-state index contributed by atoms with van der Waals surface area (Å²) in [6, 6.07) is 24.2. The molecule has 39 heavy (non-hydrogen) atoms. The van der Waals surface area contributed by atoms with Crippen LogP contribution in [0.2, 0.25) is 0 Å². The van der Waals surface area contributed by atoms with E-state index in [-0.39, 0.29) is 19.5 Å². The highest BCUT2D eigenvalue weighted by atomic mass is 19.4. The van der Waals surface area contributed by atoms with Gasteiger partial charge in [-0.25, -0.2) is 4.98 Å². The van der Waals surface area contributed by atoms with Crippen molar-refractivity contribution < 1.29 is 27.9 Å². The number of halogens is 3. The van der Waals surface area contributed by atoms with Gasteiger partial charge in [-0.3, -0.25) is 9.59 Å². The number of carbonyl (C=O) groups excluding carboxylic acids is 1. The number of imidazole rings is 1. The molecule has 0 unspecified atom stereocenters. The van der Waals surface area contributed by atoms with Crippen molar-refractivity contribution in [1.82, 2.24) is 14.9 Å². The lowest BCUT2D eigenvalue weighted by Crippen LogP contribution is -2.25. The molecular weight excluding hydrogens is 507 g/mol. The van der Waals surface area contributed by atoms with Gasteiger partial charge in [0.2, 0.25) is 0 Å². The number of carboxylic acid groups (broad SMARTS) is 1. The van der Waals surface area contributed by atoms with Gasteiger partial charge in [-0.2, -0.15) is 13.2 Å². The minimum absolute atomic E-state index is 0.0105. The van der Waals surface area contributed by atoms with Crippen molar-refractivity contribution in [3.63, 3.8) is 0 Å². The zero-order valence-electron chi connectivity index (χ0n) is 20.7. The molecule has 5 aromatic rings. The number of rotatable bonds is 8. The molecule has 0 bridgehead atoms. The van der Waals surface area contributed by atoms with Crippen molar-refractivity contribution >= 4 is 33.7 Å². The Morgan fingerprint density at radius 3 is 2.44 bits per heavy atom. The molecule has 0 radical (unpaired) electrons. The Bertz CT molecular complexity index is 1690. The van der Waals surface area contributed by atoms with Crippen LogP contribution in [-0.2, 0) is 23.9 Å². The summed E-state index contributed by atoms with van der Waals surface area (Å²) in [7, 11) is 0. The van der Waals surface area contributed by atoms with Crippen molar-refractivity contribution in [2.24, 2.45) is 0 Å². The summed E-state index contributed by atoms with van der Waals surface area (Å²) in [5.74, 6) is -0.805. The van der Waals surface area contributed by atoms with E-state index < -0.39 is 23.6 Å². The lowest BCUT2D eigenvalue weighted by atomic mass is 10.0. The molecule has 0 aliphatic rings. The monoisotopic (exact) mass is 531 g/mol. The number of alkyl halides is 3. The standard InChI is InChI=1S/C30H24F3N3O3/c31-30(32,33)24-7-3-4-20(15-24)18-36-26-11-10-23(29(39)34-13-12-28(37)38)17-25(26)35-27(36)16-19-8-9-21-5-1-2-6-22(21)14-19/h1-11,14-15,17H,12-13,16,18H2,(H,34,39)(H,37,38). The van der Waals surface area contributed by atoms with Gasteiger partial charge in [0.05, 0.1) is 23.0 Å². The molecule has 4 aromatic carbocycles. The van der Waals surface area contributed by atoms with Crippen LogP contribution in [0.5, 0.6) is 0 Å². The third kappa shape index (κ3) is 5.93. The minimum atomic E-state index is -4.45. The molecule has 0 aliphatic heterocycles. The van der Waals surface area contributed by atoms with E-state index >= 15 is 0 Å². The minimum Gasteiger partial charge on any atom is -0.481 e. The van der Waals surface area contributed by atoms with Gasteiger partial charge in [-0.05, 0) is 52.2 Å². The molecule has 9 heteroatoms. The van der Waals surface area contributed by atoms with Crippen LogP contribution in [0.25, 0.3) is 21.8 Å². The van der Waals surface area contributed by atoms with Crippen molar-refractivity contribution in [3.05, 3.63) is 113 Å². The highest BCUT2D eigenvalue weighted by molar-refractivity contribution is 5.97. The maximum Gasteiger partial charge on any atom is 0.416 e. The predicted molar refractivity (Wildman–Crippen MR) is 142 cm³/mol. The molecule has 1 heterocycles. The second kappa shape index (κ2) is 10.6. The summed E-state index contributed by atoms with van der Waals surface area (Å²) in [6.07, 6.45) is -4.22. The molecule has 1 aromatic heterocycles. The Hall–Kier alpha value is -4.66. The molecule has 0 saturated carbocycles. The average molecular weight is 532 g/mol. The quantitative estimate of drug-likeness (QED) is 0.255. The second-order valence-electron chi connectivity index (χ2n) is 9.27. The van der Waals surface area contributed by atoms with Crippen LogP contribution in [0.15, 0.2) is 84.9 Å². The van der Waals surface area contributed by atoms with Crippen LogP contribution in [-0.4, -0.2) is 33.1 Å². The van der Waals surface area contributed by atoms with E-state index in [1.54, 1.807) is 24.3 Å². The Labute approximate surface area is 221 Å². The summed E-state index contributed by atoms with van der Waals surface area (Å²) >= 11 is 0. The molecule has 0 atom stereocenters. The van der Waals surface area contributed by atoms with E-state index in [1.807, 2.05) is 41.0 Å². The number of nitrogens with one attached hydrogen (secondary N) is 1. The Morgan fingerprint density at radius 1 is 0.872 bits per heavy atom. The highest BCUT2D eigenvalue weighted by Crippen LogP contribution is 2.30. The summed E-state index contributed by atoms with van der Waals surface area (Å²) in [5.41, 5.74) is 2.24. The van der Waals surface area contributed by atoms with Gasteiger partial charge in [0.1, 0.15) is 5.82 Å². The zero-order chi connectivity index (χ0) is 27.6. The van der Waals surface area contributed by atoms with Crippen molar-refractivity contribution in [1.29, 1.82) is 0 Å². The van der Waals surface area contributed by atoms with Crippen LogP contribution in [0.3, 0.4) is 0 Å². The van der Waals surface area contributed by atoms with Crippen LogP contribution < -0.4 is 5.32 Å². The number of aromatic nitrogens is 2. The van der Waals surface area contributed by atoms with Crippen LogP contribution in [0.4, 0.5) is 13.2 Å². The van der Waals surface area contributed by atoms with E-state index in [9.17, 15) is 22.8 Å². The van der Waals surface area contributed by atoms with Gasteiger partial charge in [-0.15, -0.1) is 0 Å². The summed E-state index contributed by atoms with van der Waals surface area (Å²) < 4.78 is 41.9. The number of hydrogen-bond acceptors (Lipinski definition) is 3. The van der Waals surface area contributed by atoms with E-state index in [0.29, 0.717) is 34.4 Å².